The van der Waals surface area contributed by atoms with Gasteiger partial charge in [0.2, 0.25) is 0 Å². The van der Waals surface area contributed by atoms with Crippen molar-refractivity contribution in [3.8, 4) is 17.2 Å². The molecule has 0 aliphatic heterocycles. The molecule has 0 aliphatic carbocycles. The second kappa shape index (κ2) is 12.9. The van der Waals surface area contributed by atoms with Crippen LogP contribution in [-0.4, -0.2) is 29.3 Å². The first-order chi connectivity index (χ1) is 19.5. The number of fused-ring (bicyclic) bond motifs is 1. The molecule has 5 rings (SSSR count). The van der Waals surface area contributed by atoms with Crippen LogP contribution in [0.5, 0.6) is 17.2 Å². The van der Waals surface area contributed by atoms with Crippen molar-refractivity contribution in [1.82, 2.24) is 4.98 Å². The molecular weight excluding hydrogens is 502 g/mol. The highest BCUT2D eigenvalue weighted by atomic mass is 16.5. The Morgan fingerprint density at radius 3 is 2.17 bits per heavy atom. The van der Waals surface area contributed by atoms with Crippen LogP contribution in [0, 0.1) is 0 Å². The molecule has 2 N–H and O–H groups in total. The molecule has 6 nitrogen and oxygen atoms in total. The van der Waals surface area contributed by atoms with Gasteiger partial charge in [0.25, 0.3) is 0 Å². The third kappa shape index (κ3) is 7.44. The Morgan fingerprint density at radius 2 is 1.45 bits per heavy atom. The molecule has 0 fully saturated rings. The lowest BCUT2D eigenvalue weighted by atomic mass is 10.0. The van der Waals surface area contributed by atoms with Crippen LogP contribution < -0.4 is 14.2 Å². The Labute approximate surface area is 234 Å². The first kappa shape index (κ1) is 26.9. The summed E-state index contributed by atoms with van der Waals surface area (Å²) in [5, 5.41) is 10.0. The van der Waals surface area contributed by atoms with E-state index in [0.29, 0.717) is 19.8 Å². The Bertz CT molecular complexity index is 1520. The third-order valence-electron chi connectivity index (χ3n) is 6.76. The molecule has 1 heterocycles. The number of ether oxygens (including phenoxy) is 3. The zero-order valence-corrected chi connectivity index (χ0v) is 22.5. The van der Waals surface area contributed by atoms with E-state index in [9.17, 15) is 4.79 Å². The normalized spacial score (nSPS) is 11.7. The molecule has 204 valence electrons. The van der Waals surface area contributed by atoms with Crippen LogP contribution in [0.2, 0.25) is 0 Å². The number of aliphatic carboxylic acids is 1. The fourth-order valence-corrected chi connectivity index (χ4v) is 4.52. The van der Waals surface area contributed by atoms with E-state index in [2.05, 4.69) is 30.1 Å². The number of aromatic nitrogens is 1. The molecule has 0 saturated carbocycles. The second-order valence-corrected chi connectivity index (χ2v) is 9.91. The Kier molecular flexibility index (Phi) is 8.66. The minimum atomic E-state index is -0.827. The summed E-state index contributed by atoms with van der Waals surface area (Å²) in [5.41, 5.74) is 5.17. The third-order valence-corrected chi connectivity index (χ3v) is 6.76. The molecule has 0 saturated heterocycles. The summed E-state index contributed by atoms with van der Waals surface area (Å²) in [4.78, 5) is 14.3. The average molecular weight is 536 g/mol. The smallest absolute Gasteiger partial charge is 0.307 e. The number of benzene rings is 4. The standard InChI is InChI=1S/C34H33NO5/c1-24(22-39-31-12-14-32(15-13-31)40-23-25-5-3-2-4-6-25)27-8-10-30(11-9-27)38-18-17-29-21-28-19-26(20-34(36)37)7-16-33(28)35-29/h2-16,19,21,24,35H,17-18,20,22-23H2,1H3,(H,36,37). The molecule has 0 radical (unpaired) electrons. The van der Waals surface area contributed by atoms with E-state index in [0.717, 1.165) is 51.4 Å². The molecule has 0 spiro atoms. The van der Waals surface area contributed by atoms with Gasteiger partial charge in [-0.15, -0.1) is 0 Å². The maximum absolute atomic E-state index is 11.0. The van der Waals surface area contributed by atoms with Gasteiger partial charge in [0.05, 0.1) is 19.6 Å². The predicted octanol–water partition coefficient (Wildman–Crippen LogP) is 7.18. The van der Waals surface area contributed by atoms with Gasteiger partial charge in [-0.3, -0.25) is 4.79 Å². The molecule has 0 bridgehead atoms. The zero-order chi connectivity index (χ0) is 27.7. The van der Waals surface area contributed by atoms with Crippen LogP contribution >= 0.6 is 0 Å². The number of carbonyl (C=O) groups is 1. The number of carboxylic acids is 1. The summed E-state index contributed by atoms with van der Waals surface area (Å²) in [5.74, 6) is 1.85. The first-order valence-electron chi connectivity index (χ1n) is 13.5. The molecule has 6 heteroatoms. The van der Waals surface area contributed by atoms with Gasteiger partial charge in [-0.1, -0.05) is 55.5 Å². The van der Waals surface area contributed by atoms with Crippen molar-refractivity contribution in [3.05, 3.63) is 126 Å². The monoisotopic (exact) mass is 535 g/mol. The van der Waals surface area contributed by atoms with E-state index in [1.165, 1.54) is 5.56 Å². The molecular formula is C34H33NO5. The minimum absolute atomic E-state index is 0.0262. The van der Waals surface area contributed by atoms with E-state index in [4.69, 9.17) is 19.3 Å². The van der Waals surface area contributed by atoms with E-state index < -0.39 is 5.97 Å². The van der Waals surface area contributed by atoms with Gasteiger partial charge < -0.3 is 24.3 Å². The predicted molar refractivity (Wildman–Crippen MR) is 156 cm³/mol. The van der Waals surface area contributed by atoms with E-state index >= 15 is 0 Å². The van der Waals surface area contributed by atoms with Gasteiger partial charge in [0.15, 0.2) is 0 Å². The summed E-state index contributed by atoms with van der Waals surface area (Å²) >= 11 is 0. The second-order valence-electron chi connectivity index (χ2n) is 9.91. The number of hydrogen-bond acceptors (Lipinski definition) is 4. The van der Waals surface area contributed by atoms with Crippen molar-refractivity contribution >= 4 is 16.9 Å². The van der Waals surface area contributed by atoms with Gasteiger partial charge in [0, 0.05) is 23.5 Å². The summed E-state index contributed by atoms with van der Waals surface area (Å²) < 4.78 is 17.8. The molecule has 1 unspecified atom stereocenters. The van der Waals surface area contributed by atoms with Crippen molar-refractivity contribution in [2.75, 3.05) is 13.2 Å². The molecule has 1 atom stereocenters. The maximum atomic E-state index is 11.0. The van der Waals surface area contributed by atoms with E-state index in [1.807, 2.05) is 84.9 Å². The molecule has 4 aromatic carbocycles. The Morgan fingerprint density at radius 1 is 0.775 bits per heavy atom. The van der Waals surface area contributed by atoms with Crippen LogP contribution in [0.4, 0.5) is 0 Å². The lowest BCUT2D eigenvalue weighted by Gasteiger charge is -2.15. The number of H-pyrrole nitrogens is 1. The van der Waals surface area contributed by atoms with Gasteiger partial charge in [-0.25, -0.2) is 0 Å². The quantitative estimate of drug-likeness (QED) is 0.167. The molecule has 5 aromatic rings. The highest BCUT2D eigenvalue weighted by Crippen LogP contribution is 2.24. The number of rotatable bonds is 13. The topological polar surface area (TPSA) is 80.8 Å². The van der Waals surface area contributed by atoms with Crippen LogP contribution in [0.1, 0.15) is 35.2 Å². The van der Waals surface area contributed by atoms with Gasteiger partial charge >= 0.3 is 5.97 Å². The van der Waals surface area contributed by atoms with Crippen molar-refractivity contribution in [1.29, 1.82) is 0 Å². The number of hydrogen-bond donors (Lipinski definition) is 2. The Hall–Kier alpha value is -4.71. The largest absolute Gasteiger partial charge is 0.493 e. The maximum Gasteiger partial charge on any atom is 0.307 e. The molecule has 0 aliphatic rings. The Balaban J connectivity index is 1.05. The van der Waals surface area contributed by atoms with Crippen molar-refractivity contribution in [2.24, 2.45) is 0 Å². The van der Waals surface area contributed by atoms with E-state index in [-0.39, 0.29) is 12.3 Å². The van der Waals surface area contributed by atoms with Crippen LogP contribution in [0.15, 0.2) is 103 Å². The summed E-state index contributed by atoms with van der Waals surface area (Å²) in [6.45, 7) is 3.79. The summed E-state index contributed by atoms with van der Waals surface area (Å²) in [6.07, 6.45) is 0.753. The van der Waals surface area contributed by atoms with E-state index in [1.54, 1.807) is 0 Å². The molecule has 0 amide bonds. The highest BCUT2D eigenvalue weighted by Gasteiger charge is 2.09. The molecule has 1 aromatic heterocycles. The first-order valence-corrected chi connectivity index (χ1v) is 13.5. The van der Waals surface area contributed by atoms with Crippen molar-refractivity contribution in [2.45, 2.75) is 32.3 Å². The number of nitrogens with one attached hydrogen (secondary N) is 1. The van der Waals surface area contributed by atoms with Gasteiger partial charge in [-0.2, -0.15) is 0 Å². The zero-order valence-electron chi connectivity index (χ0n) is 22.5. The minimum Gasteiger partial charge on any atom is -0.493 e. The van der Waals surface area contributed by atoms with Crippen LogP contribution in [-0.2, 0) is 24.2 Å². The van der Waals surface area contributed by atoms with Crippen LogP contribution in [0.3, 0.4) is 0 Å². The van der Waals surface area contributed by atoms with Gasteiger partial charge in [-0.05, 0) is 76.7 Å². The average Bonchev–Trinajstić information content (AvgIpc) is 3.38. The summed E-state index contributed by atoms with van der Waals surface area (Å²) in [6, 6.07) is 33.7. The highest BCUT2D eigenvalue weighted by molar-refractivity contribution is 5.82. The van der Waals surface area contributed by atoms with Gasteiger partial charge in [0.1, 0.15) is 23.9 Å². The summed E-state index contributed by atoms with van der Waals surface area (Å²) in [7, 11) is 0. The fourth-order valence-electron chi connectivity index (χ4n) is 4.52. The molecule has 40 heavy (non-hydrogen) atoms. The van der Waals surface area contributed by atoms with Crippen molar-refractivity contribution < 1.29 is 24.1 Å². The fraction of sp³-hybridized carbons (Fsp3) is 0.206. The number of aromatic amines is 1. The number of carboxylic acid groups (broad SMARTS) is 1. The lowest BCUT2D eigenvalue weighted by molar-refractivity contribution is -0.136. The lowest BCUT2D eigenvalue weighted by Crippen LogP contribution is -2.07. The van der Waals surface area contributed by atoms with Crippen molar-refractivity contribution in [3.63, 3.8) is 0 Å². The SMILES string of the molecule is CC(COc1ccc(OCc2ccccc2)cc1)c1ccc(OCCc2cc3cc(CC(=O)O)ccc3[nH]2)cc1. The van der Waals surface area contributed by atoms with Crippen LogP contribution in [0.25, 0.3) is 10.9 Å².